The number of benzene rings is 1. The molecule has 3 atom stereocenters. The second-order valence-electron chi connectivity index (χ2n) is 9.42. The first-order valence-electron chi connectivity index (χ1n) is 12.1. The van der Waals surface area contributed by atoms with E-state index in [0.717, 1.165) is 17.5 Å². The molecule has 2 fully saturated rings. The van der Waals surface area contributed by atoms with Gasteiger partial charge in [0, 0.05) is 25.7 Å². The molecule has 3 unspecified atom stereocenters. The number of halogens is 1. The summed E-state index contributed by atoms with van der Waals surface area (Å²) in [7, 11) is 0. The van der Waals surface area contributed by atoms with Crippen molar-refractivity contribution in [3.63, 3.8) is 0 Å². The molecule has 186 valence electrons. The monoisotopic (exact) mass is 481 g/mol. The number of rotatable bonds is 7. The van der Waals surface area contributed by atoms with Gasteiger partial charge in [-0.1, -0.05) is 50.2 Å². The maximum atomic E-state index is 14.4. The lowest BCUT2D eigenvalue weighted by atomic mass is 10.00. The van der Waals surface area contributed by atoms with Crippen molar-refractivity contribution >= 4 is 17.8 Å². The predicted molar refractivity (Wildman–Crippen MR) is 129 cm³/mol. The van der Waals surface area contributed by atoms with Crippen LogP contribution in [0.4, 0.5) is 9.18 Å². The van der Waals surface area contributed by atoms with Crippen molar-refractivity contribution in [3.05, 3.63) is 65.5 Å². The SMILES string of the molecule is CC(C)c1ccc(C(NC(=O)C2CC(F)CN2C(=O)CNC(=O)N2CCC2)c2ccccc2)nc1. The average Bonchev–Trinajstić information content (AvgIpc) is 3.22. The molecule has 0 saturated carbocycles. The Balaban J connectivity index is 1.48. The summed E-state index contributed by atoms with van der Waals surface area (Å²) in [4.78, 5) is 45.6. The highest BCUT2D eigenvalue weighted by Crippen LogP contribution is 2.25. The van der Waals surface area contributed by atoms with Gasteiger partial charge in [0.2, 0.25) is 11.8 Å². The first-order valence-corrected chi connectivity index (χ1v) is 12.1. The molecule has 35 heavy (non-hydrogen) atoms. The number of hydrogen-bond acceptors (Lipinski definition) is 4. The number of nitrogens with one attached hydrogen (secondary N) is 2. The zero-order valence-corrected chi connectivity index (χ0v) is 20.1. The number of pyridine rings is 1. The summed E-state index contributed by atoms with van der Waals surface area (Å²) in [6.07, 6.45) is 1.35. The number of urea groups is 1. The third-order valence-corrected chi connectivity index (χ3v) is 6.60. The number of likely N-dealkylation sites (tertiary alicyclic amines) is 2. The maximum Gasteiger partial charge on any atom is 0.317 e. The number of aromatic nitrogens is 1. The van der Waals surface area contributed by atoms with Gasteiger partial charge in [-0.25, -0.2) is 9.18 Å². The van der Waals surface area contributed by atoms with Crippen molar-refractivity contribution < 1.29 is 18.8 Å². The van der Waals surface area contributed by atoms with Crippen LogP contribution in [0.25, 0.3) is 0 Å². The van der Waals surface area contributed by atoms with Crippen molar-refractivity contribution in [2.75, 3.05) is 26.2 Å². The van der Waals surface area contributed by atoms with E-state index >= 15 is 0 Å². The molecule has 1 aromatic carbocycles. The standard InChI is InChI=1S/C26H32FN5O3/c1-17(2)19-9-10-21(28-14-19)24(18-7-4-3-5-8-18)30-25(34)22-13-20(27)16-32(22)23(33)15-29-26(35)31-11-6-12-31/h3-5,7-10,14,17,20,22,24H,6,11-13,15-16H2,1-2H3,(H,29,35)(H,30,34). The third kappa shape index (κ3) is 5.78. The van der Waals surface area contributed by atoms with Gasteiger partial charge in [-0.2, -0.15) is 0 Å². The van der Waals surface area contributed by atoms with Crippen LogP contribution in [0.5, 0.6) is 0 Å². The van der Waals surface area contributed by atoms with Gasteiger partial charge >= 0.3 is 6.03 Å². The van der Waals surface area contributed by atoms with E-state index in [9.17, 15) is 18.8 Å². The van der Waals surface area contributed by atoms with Gasteiger partial charge in [-0.15, -0.1) is 0 Å². The maximum absolute atomic E-state index is 14.4. The summed E-state index contributed by atoms with van der Waals surface area (Å²) >= 11 is 0. The quantitative estimate of drug-likeness (QED) is 0.636. The van der Waals surface area contributed by atoms with Crippen molar-refractivity contribution in [2.45, 2.75) is 50.9 Å². The second-order valence-corrected chi connectivity index (χ2v) is 9.42. The topological polar surface area (TPSA) is 94.6 Å². The summed E-state index contributed by atoms with van der Waals surface area (Å²) in [5.41, 5.74) is 2.57. The van der Waals surface area contributed by atoms with Gasteiger partial charge < -0.3 is 20.4 Å². The Morgan fingerprint density at radius 3 is 2.43 bits per heavy atom. The van der Waals surface area contributed by atoms with Crippen LogP contribution in [0, 0.1) is 0 Å². The average molecular weight is 482 g/mol. The van der Waals surface area contributed by atoms with Crippen LogP contribution in [-0.4, -0.2) is 71.0 Å². The van der Waals surface area contributed by atoms with Crippen molar-refractivity contribution in [1.82, 2.24) is 25.4 Å². The molecule has 2 saturated heterocycles. The van der Waals surface area contributed by atoms with Crippen LogP contribution >= 0.6 is 0 Å². The third-order valence-electron chi connectivity index (χ3n) is 6.60. The Hall–Kier alpha value is -3.49. The van der Waals surface area contributed by atoms with Crippen LogP contribution in [0.2, 0.25) is 0 Å². The second kappa shape index (κ2) is 10.8. The molecular formula is C26H32FN5O3. The van der Waals surface area contributed by atoms with Crippen LogP contribution in [-0.2, 0) is 9.59 Å². The van der Waals surface area contributed by atoms with Gasteiger partial charge in [-0.3, -0.25) is 14.6 Å². The van der Waals surface area contributed by atoms with E-state index in [2.05, 4.69) is 29.5 Å². The lowest BCUT2D eigenvalue weighted by Crippen LogP contribution is -2.52. The molecule has 8 nitrogen and oxygen atoms in total. The Morgan fingerprint density at radius 1 is 1.09 bits per heavy atom. The fourth-order valence-corrected chi connectivity index (χ4v) is 4.33. The normalized spacial score (nSPS) is 20.3. The molecule has 0 radical (unpaired) electrons. The van der Waals surface area contributed by atoms with Crippen molar-refractivity contribution in [3.8, 4) is 0 Å². The zero-order chi connectivity index (χ0) is 24.9. The number of carbonyl (C=O) groups excluding carboxylic acids is 3. The van der Waals surface area contributed by atoms with Crippen molar-refractivity contribution in [2.24, 2.45) is 0 Å². The van der Waals surface area contributed by atoms with Gasteiger partial charge in [0.25, 0.3) is 0 Å². The minimum absolute atomic E-state index is 0.0845. The lowest BCUT2D eigenvalue weighted by molar-refractivity contribution is -0.137. The highest BCUT2D eigenvalue weighted by atomic mass is 19.1. The van der Waals surface area contributed by atoms with Gasteiger partial charge in [0.05, 0.1) is 24.8 Å². The highest BCUT2D eigenvalue weighted by molar-refractivity contribution is 5.91. The van der Waals surface area contributed by atoms with E-state index in [4.69, 9.17) is 0 Å². The molecule has 3 heterocycles. The van der Waals surface area contributed by atoms with Crippen LogP contribution < -0.4 is 10.6 Å². The van der Waals surface area contributed by atoms with Gasteiger partial charge in [0.15, 0.2) is 0 Å². The molecule has 1 aromatic heterocycles. The van der Waals surface area contributed by atoms with E-state index < -0.39 is 30.1 Å². The molecule has 0 spiro atoms. The summed E-state index contributed by atoms with van der Waals surface area (Å²) in [5, 5.41) is 5.56. The number of alkyl halides is 1. The van der Waals surface area contributed by atoms with Crippen molar-refractivity contribution in [1.29, 1.82) is 0 Å². The van der Waals surface area contributed by atoms with Crippen LogP contribution in [0.15, 0.2) is 48.7 Å². The van der Waals surface area contributed by atoms with E-state index in [0.29, 0.717) is 24.7 Å². The lowest BCUT2D eigenvalue weighted by Gasteiger charge is -2.31. The molecule has 0 aliphatic carbocycles. The Bertz CT molecular complexity index is 1040. The first-order chi connectivity index (χ1) is 16.8. The molecular weight excluding hydrogens is 449 g/mol. The molecule has 2 aliphatic heterocycles. The van der Waals surface area contributed by atoms with Crippen LogP contribution in [0.3, 0.4) is 0 Å². The smallest absolute Gasteiger partial charge is 0.317 e. The van der Waals surface area contributed by atoms with Gasteiger partial charge in [0.1, 0.15) is 12.2 Å². The summed E-state index contributed by atoms with van der Waals surface area (Å²) in [5.74, 6) is -0.603. The molecule has 4 rings (SSSR count). The Labute approximate surface area is 204 Å². The fourth-order valence-electron chi connectivity index (χ4n) is 4.33. The van der Waals surface area contributed by atoms with E-state index in [1.54, 1.807) is 11.1 Å². The molecule has 2 N–H and O–H groups in total. The summed E-state index contributed by atoms with van der Waals surface area (Å²) in [6.45, 7) is 5.04. The minimum atomic E-state index is -1.31. The van der Waals surface area contributed by atoms with Crippen LogP contribution in [0.1, 0.15) is 55.5 Å². The highest BCUT2D eigenvalue weighted by Gasteiger charge is 2.40. The fraction of sp³-hybridized carbons (Fsp3) is 0.462. The Morgan fingerprint density at radius 2 is 1.83 bits per heavy atom. The summed E-state index contributed by atoms with van der Waals surface area (Å²) < 4.78 is 14.4. The Kier molecular flexibility index (Phi) is 7.63. The minimum Gasteiger partial charge on any atom is -0.342 e. The number of amides is 4. The van der Waals surface area contributed by atoms with Gasteiger partial charge in [-0.05, 0) is 29.5 Å². The van der Waals surface area contributed by atoms with E-state index in [1.807, 2.05) is 42.5 Å². The molecule has 9 heteroatoms. The number of carbonyl (C=O) groups is 3. The number of hydrogen-bond donors (Lipinski definition) is 2. The molecule has 4 amide bonds. The molecule has 2 aromatic rings. The largest absolute Gasteiger partial charge is 0.342 e. The van der Waals surface area contributed by atoms with E-state index in [1.165, 1.54) is 4.90 Å². The number of nitrogens with zero attached hydrogens (tertiary/aromatic N) is 3. The summed E-state index contributed by atoms with van der Waals surface area (Å²) in [6, 6.07) is 11.5. The molecule has 2 aliphatic rings. The first kappa shape index (κ1) is 24.6. The predicted octanol–water partition coefficient (Wildman–Crippen LogP) is 2.76. The zero-order valence-electron chi connectivity index (χ0n) is 20.1. The van der Waals surface area contributed by atoms with E-state index in [-0.39, 0.29) is 25.5 Å². The molecule has 0 bridgehead atoms.